The SMILES string of the molecule is NC(=O)O[C@@H]1CCN(C(=O)C(c2ccc3ccccc3c2)C2(O)CCCCC2)C1. The summed E-state index contributed by atoms with van der Waals surface area (Å²) in [5.41, 5.74) is 4.92. The average molecular weight is 396 g/mol. The van der Waals surface area contributed by atoms with Crippen molar-refractivity contribution in [1.29, 1.82) is 0 Å². The molecule has 6 heteroatoms. The molecule has 29 heavy (non-hydrogen) atoms. The highest BCUT2D eigenvalue weighted by Gasteiger charge is 2.46. The van der Waals surface area contributed by atoms with Crippen molar-refractivity contribution in [2.24, 2.45) is 5.73 Å². The number of primary amides is 1. The van der Waals surface area contributed by atoms with Crippen LogP contribution in [0.1, 0.15) is 50.0 Å². The molecule has 1 aliphatic heterocycles. The van der Waals surface area contributed by atoms with Crippen LogP contribution < -0.4 is 5.73 Å². The van der Waals surface area contributed by atoms with Crippen LogP contribution in [0.25, 0.3) is 10.8 Å². The molecule has 1 saturated carbocycles. The van der Waals surface area contributed by atoms with E-state index in [1.807, 2.05) is 42.5 Å². The Morgan fingerprint density at radius 2 is 1.83 bits per heavy atom. The van der Waals surface area contributed by atoms with Gasteiger partial charge >= 0.3 is 6.09 Å². The lowest BCUT2D eigenvalue weighted by Crippen LogP contribution is -2.47. The van der Waals surface area contributed by atoms with Gasteiger partial charge < -0.3 is 20.5 Å². The summed E-state index contributed by atoms with van der Waals surface area (Å²) < 4.78 is 5.09. The molecule has 2 aliphatic rings. The molecule has 0 bridgehead atoms. The normalized spacial score (nSPS) is 22.4. The van der Waals surface area contributed by atoms with Crippen LogP contribution in [-0.2, 0) is 9.53 Å². The number of carbonyl (C=O) groups is 2. The number of likely N-dealkylation sites (tertiary alicyclic amines) is 1. The molecule has 2 fully saturated rings. The first-order chi connectivity index (χ1) is 14.0. The number of ether oxygens (including phenoxy) is 1. The minimum absolute atomic E-state index is 0.0970. The van der Waals surface area contributed by atoms with Gasteiger partial charge in [-0.2, -0.15) is 0 Å². The molecule has 1 heterocycles. The third kappa shape index (κ3) is 4.08. The van der Waals surface area contributed by atoms with Crippen LogP contribution >= 0.6 is 0 Å². The highest BCUT2D eigenvalue weighted by atomic mass is 16.6. The number of nitrogens with zero attached hydrogens (tertiary/aromatic N) is 1. The molecule has 2 aromatic carbocycles. The second kappa shape index (κ2) is 8.03. The van der Waals surface area contributed by atoms with Crippen LogP contribution in [0.2, 0.25) is 0 Å². The van der Waals surface area contributed by atoms with Gasteiger partial charge in [0.1, 0.15) is 6.10 Å². The van der Waals surface area contributed by atoms with Gasteiger partial charge in [0.05, 0.1) is 18.1 Å². The van der Waals surface area contributed by atoms with E-state index in [4.69, 9.17) is 10.5 Å². The van der Waals surface area contributed by atoms with Gasteiger partial charge in [-0.3, -0.25) is 4.79 Å². The van der Waals surface area contributed by atoms with Crippen molar-refractivity contribution in [3.63, 3.8) is 0 Å². The Labute approximate surface area is 170 Å². The first kappa shape index (κ1) is 19.7. The Hall–Kier alpha value is -2.60. The van der Waals surface area contributed by atoms with Crippen LogP contribution in [0.4, 0.5) is 4.79 Å². The van der Waals surface area contributed by atoms with Crippen molar-refractivity contribution in [3.8, 4) is 0 Å². The maximum atomic E-state index is 13.6. The Bertz CT molecular complexity index is 907. The molecular weight excluding hydrogens is 368 g/mol. The van der Waals surface area contributed by atoms with E-state index >= 15 is 0 Å². The summed E-state index contributed by atoms with van der Waals surface area (Å²) in [5, 5.41) is 13.7. The van der Waals surface area contributed by atoms with E-state index in [9.17, 15) is 14.7 Å². The summed E-state index contributed by atoms with van der Waals surface area (Å²) in [6.45, 7) is 0.818. The fraction of sp³-hybridized carbons (Fsp3) is 0.478. The van der Waals surface area contributed by atoms with Gasteiger partial charge in [-0.1, -0.05) is 61.7 Å². The molecule has 4 rings (SSSR count). The van der Waals surface area contributed by atoms with E-state index in [2.05, 4.69) is 0 Å². The largest absolute Gasteiger partial charge is 0.444 e. The zero-order valence-electron chi connectivity index (χ0n) is 16.5. The van der Waals surface area contributed by atoms with Crippen molar-refractivity contribution < 1.29 is 19.4 Å². The highest BCUT2D eigenvalue weighted by molar-refractivity contribution is 5.89. The number of amides is 2. The number of fused-ring (bicyclic) bond motifs is 1. The topological polar surface area (TPSA) is 92.9 Å². The summed E-state index contributed by atoms with van der Waals surface area (Å²) in [6.07, 6.45) is 3.52. The number of nitrogens with two attached hydrogens (primary N) is 1. The molecule has 1 saturated heterocycles. The molecule has 1 unspecified atom stereocenters. The molecule has 6 nitrogen and oxygen atoms in total. The molecular formula is C23H28N2O4. The fourth-order valence-electron chi connectivity index (χ4n) is 4.89. The maximum Gasteiger partial charge on any atom is 0.404 e. The van der Waals surface area contributed by atoms with Crippen LogP contribution in [-0.4, -0.2) is 46.8 Å². The molecule has 0 aromatic heterocycles. The summed E-state index contributed by atoms with van der Waals surface area (Å²) in [5.74, 6) is -0.722. The molecule has 154 valence electrons. The van der Waals surface area contributed by atoms with E-state index in [1.165, 1.54) is 0 Å². The van der Waals surface area contributed by atoms with Gasteiger partial charge in [0.25, 0.3) is 0 Å². The fourth-order valence-corrected chi connectivity index (χ4v) is 4.89. The second-order valence-electron chi connectivity index (χ2n) is 8.34. The highest BCUT2D eigenvalue weighted by Crippen LogP contribution is 2.42. The van der Waals surface area contributed by atoms with Crippen molar-refractivity contribution >= 4 is 22.8 Å². The summed E-state index contributed by atoms with van der Waals surface area (Å²) >= 11 is 0. The number of aliphatic hydroxyl groups is 1. The van der Waals surface area contributed by atoms with Gasteiger partial charge in [-0.25, -0.2) is 4.79 Å². The van der Waals surface area contributed by atoms with Gasteiger partial charge in [0.15, 0.2) is 0 Å². The van der Waals surface area contributed by atoms with E-state index in [0.29, 0.717) is 32.4 Å². The maximum absolute atomic E-state index is 13.6. The molecule has 2 amide bonds. The van der Waals surface area contributed by atoms with Crippen LogP contribution in [0.3, 0.4) is 0 Å². The van der Waals surface area contributed by atoms with Crippen LogP contribution in [0.5, 0.6) is 0 Å². The molecule has 2 atom stereocenters. The smallest absolute Gasteiger partial charge is 0.404 e. The van der Waals surface area contributed by atoms with Gasteiger partial charge in [0.2, 0.25) is 5.91 Å². The van der Waals surface area contributed by atoms with Gasteiger partial charge in [-0.05, 0) is 29.2 Å². The number of benzene rings is 2. The number of hydrogen-bond acceptors (Lipinski definition) is 4. The Kier molecular flexibility index (Phi) is 5.46. The monoisotopic (exact) mass is 396 g/mol. The second-order valence-corrected chi connectivity index (χ2v) is 8.34. The standard InChI is InChI=1S/C23H28N2O4/c24-22(27)29-19-10-13-25(15-19)21(26)20(23(28)11-4-1-5-12-23)18-9-8-16-6-2-3-7-17(16)14-18/h2-3,6-9,14,19-20,28H,1,4-5,10-13,15H2,(H2,24,27)/t19-,20?/m1/s1. The van der Waals surface area contributed by atoms with Gasteiger partial charge in [-0.15, -0.1) is 0 Å². The molecule has 3 N–H and O–H groups in total. The van der Waals surface area contributed by atoms with Crippen molar-refractivity contribution in [2.45, 2.75) is 56.1 Å². The first-order valence-electron chi connectivity index (χ1n) is 10.4. The van der Waals surface area contributed by atoms with Crippen LogP contribution in [0, 0.1) is 0 Å². The van der Waals surface area contributed by atoms with E-state index in [1.54, 1.807) is 4.90 Å². The van der Waals surface area contributed by atoms with Gasteiger partial charge in [0, 0.05) is 13.0 Å². The van der Waals surface area contributed by atoms with Crippen molar-refractivity contribution in [1.82, 2.24) is 4.90 Å². The van der Waals surface area contributed by atoms with Crippen molar-refractivity contribution in [3.05, 3.63) is 48.0 Å². The molecule has 1 aliphatic carbocycles. The minimum atomic E-state index is -1.06. The zero-order valence-corrected chi connectivity index (χ0v) is 16.5. The Balaban J connectivity index is 1.66. The summed E-state index contributed by atoms with van der Waals surface area (Å²) in [6, 6.07) is 14.0. The third-order valence-electron chi connectivity index (χ3n) is 6.35. The number of rotatable bonds is 4. The van der Waals surface area contributed by atoms with E-state index in [0.717, 1.165) is 35.6 Å². The zero-order chi connectivity index (χ0) is 20.4. The average Bonchev–Trinajstić information content (AvgIpc) is 3.16. The predicted octanol–water partition coefficient (Wildman–Crippen LogP) is 3.31. The van der Waals surface area contributed by atoms with E-state index < -0.39 is 17.6 Å². The lowest BCUT2D eigenvalue weighted by atomic mass is 9.72. The predicted molar refractivity (Wildman–Crippen MR) is 110 cm³/mol. The lowest BCUT2D eigenvalue weighted by molar-refractivity contribution is -0.141. The molecule has 0 spiro atoms. The Morgan fingerprint density at radius 3 is 2.55 bits per heavy atom. The number of carbonyl (C=O) groups excluding carboxylic acids is 2. The molecule has 2 aromatic rings. The first-order valence-corrected chi connectivity index (χ1v) is 10.4. The van der Waals surface area contributed by atoms with Crippen LogP contribution in [0.15, 0.2) is 42.5 Å². The number of hydrogen-bond donors (Lipinski definition) is 2. The summed E-state index contributed by atoms with van der Waals surface area (Å²) in [7, 11) is 0. The summed E-state index contributed by atoms with van der Waals surface area (Å²) in [4.78, 5) is 26.4. The Morgan fingerprint density at radius 1 is 1.10 bits per heavy atom. The minimum Gasteiger partial charge on any atom is -0.444 e. The van der Waals surface area contributed by atoms with Crippen molar-refractivity contribution in [2.75, 3.05) is 13.1 Å². The third-order valence-corrected chi connectivity index (χ3v) is 6.35. The lowest BCUT2D eigenvalue weighted by Gasteiger charge is -2.40. The molecule has 0 radical (unpaired) electrons. The van der Waals surface area contributed by atoms with E-state index in [-0.39, 0.29) is 12.0 Å². The quantitative estimate of drug-likeness (QED) is 0.829.